The first-order valence-electron chi connectivity index (χ1n) is 8.48. The normalized spacial score (nSPS) is 11.0. The van der Waals surface area contributed by atoms with E-state index in [0.717, 1.165) is 0 Å². The van der Waals surface area contributed by atoms with Crippen molar-refractivity contribution in [3.05, 3.63) is 68.2 Å². The van der Waals surface area contributed by atoms with Crippen LogP contribution in [0.15, 0.2) is 35.1 Å². The highest BCUT2D eigenvalue weighted by Crippen LogP contribution is 2.25. The Labute approximate surface area is 164 Å². The zero-order chi connectivity index (χ0) is 20.6. The quantitative estimate of drug-likeness (QED) is 0.679. The fourth-order valence-electron chi connectivity index (χ4n) is 3.34. The molecule has 0 saturated heterocycles. The van der Waals surface area contributed by atoms with Gasteiger partial charge in [-0.15, -0.1) is 0 Å². The van der Waals surface area contributed by atoms with Crippen molar-refractivity contribution in [2.75, 3.05) is 0 Å². The van der Waals surface area contributed by atoms with E-state index in [1.807, 2.05) is 0 Å². The van der Waals surface area contributed by atoms with Crippen LogP contribution >= 0.6 is 11.6 Å². The second kappa shape index (κ2) is 7.44. The number of aromatic carboxylic acids is 1. The first-order chi connectivity index (χ1) is 13.2. The van der Waals surface area contributed by atoms with Gasteiger partial charge in [0.1, 0.15) is 5.82 Å². The summed E-state index contributed by atoms with van der Waals surface area (Å²) >= 11 is 6.27. The molecule has 8 heteroatoms. The third-order valence-electron chi connectivity index (χ3n) is 4.55. The Bertz CT molecular complexity index is 1180. The van der Waals surface area contributed by atoms with Crippen LogP contribution in [0.5, 0.6) is 0 Å². The smallest absolute Gasteiger partial charge is 0.336 e. The van der Waals surface area contributed by atoms with Gasteiger partial charge in [-0.2, -0.15) is 0 Å². The maximum absolute atomic E-state index is 13.4. The summed E-state index contributed by atoms with van der Waals surface area (Å²) in [5.41, 5.74) is 1.04. The maximum atomic E-state index is 13.4. The monoisotopic (exact) mass is 400 g/mol. The molecular formula is C20H17ClN2O5. The lowest BCUT2D eigenvalue weighted by molar-refractivity contribution is -0.137. The summed E-state index contributed by atoms with van der Waals surface area (Å²) in [7, 11) is 0. The van der Waals surface area contributed by atoms with Gasteiger partial charge in [-0.05, 0) is 43.2 Å². The second-order valence-corrected chi connectivity index (χ2v) is 6.81. The molecule has 0 bridgehead atoms. The summed E-state index contributed by atoms with van der Waals surface area (Å²) in [6.45, 7) is 3.20. The third-order valence-corrected chi connectivity index (χ3v) is 4.87. The van der Waals surface area contributed by atoms with Gasteiger partial charge < -0.3 is 10.2 Å². The van der Waals surface area contributed by atoms with Gasteiger partial charge in [0.05, 0.1) is 33.6 Å². The number of hydrogen-bond acceptors (Lipinski definition) is 4. The molecule has 0 spiro atoms. The molecule has 0 aliphatic carbocycles. The van der Waals surface area contributed by atoms with E-state index in [1.54, 1.807) is 38.1 Å². The Morgan fingerprint density at radius 3 is 2.46 bits per heavy atom. The number of carboxylic acids is 2. The van der Waals surface area contributed by atoms with Crippen LogP contribution in [-0.2, 0) is 11.2 Å². The molecule has 0 aliphatic heterocycles. The van der Waals surface area contributed by atoms with Crippen LogP contribution in [0.3, 0.4) is 0 Å². The molecule has 0 radical (unpaired) electrons. The molecule has 144 valence electrons. The summed E-state index contributed by atoms with van der Waals surface area (Å²) < 4.78 is 1.27. The van der Waals surface area contributed by atoms with Gasteiger partial charge in [0.25, 0.3) is 5.56 Å². The van der Waals surface area contributed by atoms with E-state index < -0.39 is 17.5 Å². The van der Waals surface area contributed by atoms with E-state index >= 15 is 0 Å². The number of aromatic nitrogens is 2. The van der Waals surface area contributed by atoms with E-state index in [1.165, 1.54) is 10.6 Å². The minimum Gasteiger partial charge on any atom is -0.481 e. The van der Waals surface area contributed by atoms with E-state index in [-0.39, 0.29) is 29.6 Å². The number of rotatable bonds is 5. The Morgan fingerprint density at radius 2 is 1.86 bits per heavy atom. The molecule has 0 saturated carbocycles. The van der Waals surface area contributed by atoms with Crippen LogP contribution in [0.4, 0.5) is 0 Å². The highest BCUT2D eigenvalue weighted by Gasteiger charge is 2.21. The molecule has 3 rings (SSSR count). The Hall–Kier alpha value is -3.19. The number of carboxylic acid groups (broad SMARTS) is 2. The number of hydrogen-bond donors (Lipinski definition) is 2. The molecular weight excluding hydrogens is 384 g/mol. The van der Waals surface area contributed by atoms with Gasteiger partial charge in [-0.3, -0.25) is 14.2 Å². The summed E-state index contributed by atoms with van der Waals surface area (Å²) in [4.78, 5) is 40.6. The number of para-hydroxylation sites is 1. The average Bonchev–Trinajstić information content (AvgIpc) is 2.60. The number of nitrogens with zero attached hydrogens (tertiary/aromatic N) is 2. The van der Waals surface area contributed by atoms with Crippen LogP contribution in [0, 0.1) is 13.8 Å². The van der Waals surface area contributed by atoms with Crippen molar-refractivity contribution in [1.29, 1.82) is 0 Å². The molecule has 2 aromatic carbocycles. The third kappa shape index (κ3) is 3.36. The summed E-state index contributed by atoms with van der Waals surface area (Å²) in [6, 6.07) is 8.18. The number of aryl methyl sites for hydroxylation is 3. The number of aliphatic carboxylic acids is 1. The highest BCUT2D eigenvalue weighted by molar-refractivity contribution is 6.32. The highest BCUT2D eigenvalue weighted by atomic mass is 35.5. The first kappa shape index (κ1) is 19.6. The van der Waals surface area contributed by atoms with E-state index in [9.17, 15) is 19.5 Å². The fraction of sp³-hybridized carbons (Fsp3) is 0.200. The molecule has 7 nitrogen and oxygen atoms in total. The number of benzene rings is 2. The molecule has 0 unspecified atom stereocenters. The van der Waals surface area contributed by atoms with Crippen molar-refractivity contribution >= 4 is 34.4 Å². The largest absolute Gasteiger partial charge is 0.481 e. The molecule has 0 aliphatic rings. The van der Waals surface area contributed by atoms with Crippen molar-refractivity contribution < 1.29 is 19.8 Å². The molecule has 0 amide bonds. The van der Waals surface area contributed by atoms with Crippen molar-refractivity contribution in [3.63, 3.8) is 0 Å². The van der Waals surface area contributed by atoms with Gasteiger partial charge in [-0.1, -0.05) is 23.7 Å². The molecule has 1 heterocycles. The van der Waals surface area contributed by atoms with Gasteiger partial charge in [0.15, 0.2) is 0 Å². The lowest BCUT2D eigenvalue weighted by Gasteiger charge is -2.16. The Balaban J connectivity index is 2.44. The lowest BCUT2D eigenvalue weighted by atomic mass is 9.98. The number of carbonyl (C=O) groups is 2. The zero-order valence-corrected chi connectivity index (χ0v) is 15.9. The fourth-order valence-corrected chi connectivity index (χ4v) is 3.56. The van der Waals surface area contributed by atoms with Crippen LogP contribution < -0.4 is 5.56 Å². The predicted octanol–water partition coefficient (Wildman–Crippen LogP) is 3.37. The van der Waals surface area contributed by atoms with Crippen LogP contribution in [-0.4, -0.2) is 31.7 Å². The van der Waals surface area contributed by atoms with Crippen LogP contribution in [0.2, 0.25) is 5.02 Å². The van der Waals surface area contributed by atoms with Crippen LogP contribution in [0.1, 0.15) is 33.7 Å². The predicted molar refractivity (Wildman–Crippen MR) is 105 cm³/mol. The minimum absolute atomic E-state index is 0.0184. The van der Waals surface area contributed by atoms with E-state index in [4.69, 9.17) is 16.7 Å². The summed E-state index contributed by atoms with van der Waals surface area (Å²) in [5, 5.41) is 19.0. The van der Waals surface area contributed by atoms with Crippen molar-refractivity contribution in [2.24, 2.45) is 0 Å². The molecule has 0 fully saturated rings. The minimum atomic E-state index is -1.13. The molecule has 28 heavy (non-hydrogen) atoms. The SMILES string of the molecule is Cc1cc2nc(CCC(=O)O)n(-c3ccccc3Cl)c(=O)c2c(C)c1C(=O)O. The molecule has 3 aromatic rings. The Morgan fingerprint density at radius 1 is 1.18 bits per heavy atom. The second-order valence-electron chi connectivity index (χ2n) is 6.41. The van der Waals surface area contributed by atoms with Crippen molar-refractivity contribution in [2.45, 2.75) is 26.7 Å². The molecule has 1 aromatic heterocycles. The zero-order valence-electron chi connectivity index (χ0n) is 15.2. The van der Waals surface area contributed by atoms with Gasteiger partial charge in [0.2, 0.25) is 0 Å². The summed E-state index contributed by atoms with van der Waals surface area (Å²) in [6.07, 6.45) is -0.196. The molecule has 0 atom stereocenters. The number of halogens is 1. The van der Waals surface area contributed by atoms with E-state index in [0.29, 0.717) is 27.4 Å². The van der Waals surface area contributed by atoms with Crippen molar-refractivity contribution in [3.8, 4) is 5.69 Å². The maximum Gasteiger partial charge on any atom is 0.336 e. The topological polar surface area (TPSA) is 109 Å². The van der Waals surface area contributed by atoms with Crippen LogP contribution in [0.25, 0.3) is 16.6 Å². The Kier molecular flexibility index (Phi) is 5.20. The van der Waals surface area contributed by atoms with E-state index in [2.05, 4.69) is 4.98 Å². The van der Waals surface area contributed by atoms with Gasteiger partial charge >= 0.3 is 11.9 Å². The van der Waals surface area contributed by atoms with Gasteiger partial charge in [0, 0.05) is 6.42 Å². The van der Waals surface area contributed by atoms with Crippen molar-refractivity contribution in [1.82, 2.24) is 9.55 Å². The standard InChI is InChI=1S/C20H17ClN2O5/c1-10-9-13-18(11(2)17(10)20(27)28)19(26)23(14-6-4-3-5-12(14)21)15(22-13)7-8-16(24)25/h3-6,9H,7-8H2,1-2H3,(H,24,25)(H,27,28). The number of fused-ring (bicyclic) bond motifs is 1. The average molecular weight is 401 g/mol. The summed E-state index contributed by atoms with van der Waals surface area (Å²) in [5.74, 6) is -1.90. The first-order valence-corrected chi connectivity index (χ1v) is 8.86. The lowest BCUT2D eigenvalue weighted by Crippen LogP contribution is -2.26. The van der Waals surface area contributed by atoms with Gasteiger partial charge in [-0.25, -0.2) is 9.78 Å². The molecule has 2 N–H and O–H groups in total.